The van der Waals surface area contributed by atoms with Crippen molar-refractivity contribution in [2.24, 2.45) is 5.73 Å². The van der Waals surface area contributed by atoms with Gasteiger partial charge in [-0.3, -0.25) is 0 Å². The van der Waals surface area contributed by atoms with Gasteiger partial charge in [-0.1, -0.05) is 69.5 Å². The summed E-state index contributed by atoms with van der Waals surface area (Å²) in [7, 11) is 1.46. The van der Waals surface area contributed by atoms with E-state index in [9.17, 15) is 14.7 Å². The van der Waals surface area contributed by atoms with Crippen molar-refractivity contribution in [2.45, 2.75) is 58.0 Å². The minimum absolute atomic E-state index is 0.153. The summed E-state index contributed by atoms with van der Waals surface area (Å²) in [5.41, 5.74) is 8.94. The van der Waals surface area contributed by atoms with Gasteiger partial charge >= 0.3 is 11.9 Å². The van der Waals surface area contributed by atoms with E-state index in [1.807, 2.05) is 24.3 Å². The Labute approximate surface area is 242 Å². The third-order valence-corrected chi connectivity index (χ3v) is 6.66. The first-order valence-electron chi connectivity index (χ1n) is 13.9. The summed E-state index contributed by atoms with van der Waals surface area (Å²) in [4.78, 5) is 24.8. The lowest BCUT2D eigenvalue weighted by Gasteiger charge is -2.19. The highest BCUT2D eigenvalue weighted by molar-refractivity contribution is 5.91. The van der Waals surface area contributed by atoms with Crippen molar-refractivity contribution >= 4 is 17.6 Å². The highest BCUT2D eigenvalue weighted by Crippen LogP contribution is 2.30. The molecule has 3 rings (SSSR count). The van der Waals surface area contributed by atoms with Gasteiger partial charge in [0.15, 0.2) is 11.5 Å². The number of hydrogen-bond acceptors (Lipinski definition) is 7. The Balaban J connectivity index is 1.59. The summed E-state index contributed by atoms with van der Waals surface area (Å²) in [6.45, 7) is 7.25. The van der Waals surface area contributed by atoms with Crippen LogP contribution in [-0.4, -0.2) is 36.8 Å². The van der Waals surface area contributed by atoms with Crippen LogP contribution in [0.15, 0.2) is 73.3 Å². The Morgan fingerprint density at radius 2 is 1.56 bits per heavy atom. The number of nitrogens with one attached hydrogen (secondary N) is 1. The fraction of sp³-hybridized carbons (Fsp3) is 0.333. The largest absolute Gasteiger partial charge is 0.494 e. The molecule has 1 atom stereocenters. The number of hydrogen-bond donors (Lipinski definition) is 3. The van der Waals surface area contributed by atoms with Crippen molar-refractivity contribution < 1.29 is 28.9 Å². The number of carboxylic acids is 1. The average molecular weight is 561 g/mol. The molecule has 0 aliphatic rings. The Morgan fingerprint density at radius 1 is 0.902 bits per heavy atom. The Kier molecular flexibility index (Phi) is 12.3. The molecular formula is C33H40N2O6. The Morgan fingerprint density at radius 3 is 2.20 bits per heavy atom. The lowest BCUT2D eigenvalue weighted by Crippen LogP contribution is -2.37. The van der Waals surface area contributed by atoms with Gasteiger partial charge in [-0.2, -0.15) is 0 Å². The molecule has 218 valence electrons. The molecule has 0 heterocycles. The van der Waals surface area contributed by atoms with Crippen LogP contribution in [0.4, 0.5) is 0 Å². The van der Waals surface area contributed by atoms with Crippen LogP contribution in [0.2, 0.25) is 0 Å². The number of methoxy groups -OCH3 is 1. The normalized spacial score (nSPS) is 11.4. The second-order valence-corrected chi connectivity index (χ2v) is 9.78. The van der Waals surface area contributed by atoms with Gasteiger partial charge in [-0.25, -0.2) is 9.59 Å². The molecule has 0 aliphatic carbocycles. The Bertz CT molecular complexity index is 1290. The number of nitrogens with two attached hydrogens (primary N) is 1. The van der Waals surface area contributed by atoms with Crippen molar-refractivity contribution in [3.05, 3.63) is 95.6 Å². The fourth-order valence-corrected chi connectivity index (χ4v) is 4.24. The lowest BCUT2D eigenvalue weighted by molar-refractivity contribution is -0.139. The maximum atomic E-state index is 12.8. The van der Waals surface area contributed by atoms with E-state index in [0.717, 1.165) is 24.0 Å². The average Bonchev–Trinajstić information content (AvgIpc) is 2.99. The molecule has 4 N–H and O–H groups in total. The zero-order valence-corrected chi connectivity index (χ0v) is 23.9. The van der Waals surface area contributed by atoms with Gasteiger partial charge in [0.2, 0.25) is 0 Å². The zero-order chi connectivity index (χ0) is 29.6. The second-order valence-electron chi connectivity index (χ2n) is 9.78. The number of ether oxygens (including phenoxy) is 3. The molecule has 0 aliphatic heterocycles. The van der Waals surface area contributed by atoms with Crippen LogP contribution in [0.5, 0.6) is 17.2 Å². The van der Waals surface area contributed by atoms with Crippen LogP contribution in [0.3, 0.4) is 0 Å². The van der Waals surface area contributed by atoms with E-state index >= 15 is 0 Å². The zero-order valence-electron chi connectivity index (χ0n) is 23.9. The van der Waals surface area contributed by atoms with Crippen LogP contribution >= 0.6 is 0 Å². The van der Waals surface area contributed by atoms with Crippen LogP contribution in [0, 0.1) is 0 Å². The van der Waals surface area contributed by atoms with E-state index in [1.54, 1.807) is 42.5 Å². The van der Waals surface area contributed by atoms with E-state index in [2.05, 4.69) is 18.8 Å². The molecule has 0 saturated carbocycles. The number of benzene rings is 3. The predicted molar refractivity (Wildman–Crippen MR) is 160 cm³/mol. The molecule has 41 heavy (non-hydrogen) atoms. The standard InChI is InChI=1S/C33H40N2O6/c1-4-5-6-7-8-19-40-28-16-14-27(15-17-28)33(38)41-30-18-11-25(21-31(30)39-3)20-29(32(36)37)35-23(2)26-12-9-24(22-34)10-13-26/h9-18,21,29,35H,2,4-8,19-20,22,34H2,1,3H3,(H,36,37). The van der Waals surface area contributed by atoms with Crippen LogP contribution in [0.1, 0.15) is 66.1 Å². The number of carbonyl (C=O) groups is 2. The molecule has 1 unspecified atom stereocenters. The van der Waals surface area contributed by atoms with E-state index in [4.69, 9.17) is 19.9 Å². The van der Waals surface area contributed by atoms with Gasteiger partial charge in [0.1, 0.15) is 11.8 Å². The summed E-state index contributed by atoms with van der Waals surface area (Å²) < 4.78 is 16.8. The first-order chi connectivity index (χ1) is 19.8. The van der Waals surface area contributed by atoms with Crippen LogP contribution in [-0.2, 0) is 17.8 Å². The minimum Gasteiger partial charge on any atom is -0.494 e. The lowest BCUT2D eigenvalue weighted by atomic mass is 10.0. The van der Waals surface area contributed by atoms with Crippen LogP contribution in [0.25, 0.3) is 5.70 Å². The van der Waals surface area contributed by atoms with Crippen molar-refractivity contribution in [3.63, 3.8) is 0 Å². The molecule has 3 aromatic carbocycles. The topological polar surface area (TPSA) is 120 Å². The van der Waals surface area contributed by atoms with Crippen LogP contribution < -0.4 is 25.3 Å². The van der Waals surface area contributed by atoms with Gasteiger partial charge < -0.3 is 30.4 Å². The highest BCUT2D eigenvalue weighted by atomic mass is 16.6. The van der Waals surface area contributed by atoms with Gasteiger partial charge in [0.05, 0.1) is 19.3 Å². The molecule has 0 bridgehead atoms. The minimum atomic E-state index is -1.02. The number of esters is 1. The van der Waals surface area contributed by atoms with E-state index in [-0.39, 0.29) is 12.2 Å². The maximum absolute atomic E-state index is 12.8. The summed E-state index contributed by atoms with van der Waals surface area (Å²) in [5.74, 6) is -0.305. The Hall–Kier alpha value is -4.30. The van der Waals surface area contributed by atoms with E-state index in [0.29, 0.717) is 41.5 Å². The third kappa shape index (κ3) is 9.69. The summed E-state index contributed by atoms with van der Waals surface area (Å²) >= 11 is 0. The highest BCUT2D eigenvalue weighted by Gasteiger charge is 2.21. The summed E-state index contributed by atoms with van der Waals surface area (Å²) in [6, 6.07) is 18.3. The molecule has 0 fully saturated rings. The molecular weight excluding hydrogens is 520 g/mol. The summed E-state index contributed by atoms with van der Waals surface area (Å²) in [5, 5.41) is 12.8. The predicted octanol–water partition coefficient (Wildman–Crippen LogP) is 5.98. The number of carboxylic acid groups (broad SMARTS) is 1. The molecule has 8 nitrogen and oxygen atoms in total. The fourth-order valence-electron chi connectivity index (χ4n) is 4.24. The van der Waals surface area contributed by atoms with Crippen molar-refractivity contribution in [2.75, 3.05) is 13.7 Å². The molecule has 0 amide bonds. The maximum Gasteiger partial charge on any atom is 0.343 e. The molecule has 0 spiro atoms. The molecule has 0 saturated heterocycles. The van der Waals surface area contributed by atoms with Gasteiger partial charge in [0.25, 0.3) is 0 Å². The van der Waals surface area contributed by atoms with E-state index in [1.165, 1.54) is 26.4 Å². The third-order valence-electron chi connectivity index (χ3n) is 6.66. The second kappa shape index (κ2) is 16.1. The monoisotopic (exact) mass is 560 g/mol. The number of rotatable bonds is 17. The SMILES string of the molecule is C=C(NC(Cc1ccc(OC(=O)c2ccc(OCCCCCCC)cc2)c(OC)c1)C(=O)O)c1ccc(CN)cc1. The van der Waals surface area contributed by atoms with Crippen molar-refractivity contribution in [1.29, 1.82) is 0 Å². The van der Waals surface area contributed by atoms with Gasteiger partial charge in [-0.05, 0) is 59.5 Å². The van der Waals surface area contributed by atoms with Gasteiger partial charge in [-0.15, -0.1) is 0 Å². The molecule has 8 heteroatoms. The quantitative estimate of drug-likeness (QED) is 0.105. The first kappa shape index (κ1) is 31.2. The summed E-state index contributed by atoms with van der Waals surface area (Å²) in [6.07, 6.45) is 5.96. The smallest absolute Gasteiger partial charge is 0.343 e. The number of unbranched alkanes of at least 4 members (excludes halogenated alkanes) is 4. The molecule has 3 aromatic rings. The van der Waals surface area contributed by atoms with E-state index < -0.39 is 18.0 Å². The molecule has 0 radical (unpaired) electrons. The number of aliphatic carboxylic acids is 1. The first-order valence-corrected chi connectivity index (χ1v) is 13.9. The number of carbonyl (C=O) groups excluding carboxylic acids is 1. The van der Waals surface area contributed by atoms with Crippen molar-refractivity contribution in [3.8, 4) is 17.2 Å². The molecule has 0 aromatic heterocycles. The van der Waals surface area contributed by atoms with Gasteiger partial charge in [0, 0.05) is 18.7 Å². The van der Waals surface area contributed by atoms with Crippen molar-refractivity contribution in [1.82, 2.24) is 5.32 Å².